The largest absolute Gasteiger partial charge is 0.465 e. The summed E-state index contributed by atoms with van der Waals surface area (Å²) < 4.78 is 31.9. The van der Waals surface area contributed by atoms with Gasteiger partial charge in [-0.15, -0.1) is 0 Å². The molecule has 0 aliphatic heterocycles. The molecule has 0 saturated carbocycles. The molecule has 0 amide bonds. The van der Waals surface area contributed by atoms with E-state index in [-0.39, 0.29) is 6.54 Å². The molecular weight excluding hydrogens is 274 g/mol. The fourth-order valence-electron chi connectivity index (χ4n) is 2.03. The molecule has 0 spiro atoms. The van der Waals surface area contributed by atoms with E-state index in [1.807, 2.05) is 32.0 Å². The van der Waals surface area contributed by atoms with Crippen molar-refractivity contribution in [2.24, 2.45) is 0 Å². The second-order valence-corrected chi connectivity index (χ2v) is 7.06. The summed E-state index contributed by atoms with van der Waals surface area (Å²) in [5.74, 6) is 1.41. The van der Waals surface area contributed by atoms with Crippen molar-refractivity contribution in [2.75, 3.05) is 7.05 Å². The minimum atomic E-state index is -3.51. The average Bonchev–Trinajstić information content (AvgIpc) is 2.77. The van der Waals surface area contributed by atoms with Gasteiger partial charge in [-0.2, -0.15) is 4.31 Å². The molecule has 2 aromatic rings. The van der Waals surface area contributed by atoms with E-state index < -0.39 is 10.0 Å². The molecule has 0 bridgehead atoms. The number of hydrogen-bond donors (Lipinski definition) is 0. The molecular formula is C15H19NO3S. The smallest absolute Gasteiger partial charge is 0.243 e. The van der Waals surface area contributed by atoms with Crippen LogP contribution in [0, 0.1) is 20.8 Å². The molecule has 20 heavy (non-hydrogen) atoms. The minimum Gasteiger partial charge on any atom is -0.465 e. The first kappa shape index (κ1) is 14.8. The van der Waals surface area contributed by atoms with Gasteiger partial charge in [0, 0.05) is 7.05 Å². The predicted molar refractivity (Wildman–Crippen MR) is 78.0 cm³/mol. The van der Waals surface area contributed by atoms with Crippen LogP contribution in [0.2, 0.25) is 0 Å². The van der Waals surface area contributed by atoms with Crippen LogP contribution in [0.1, 0.15) is 22.6 Å². The Balaban J connectivity index is 2.32. The molecule has 0 atom stereocenters. The van der Waals surface area contributed by atoms with E-state index in [4.69, 9.17) is 4.42 Å². The van der Waals surface area contributed by atoms with Crippen LogP contribution in [0.4, 0.5) is 0 Å². The SMILES string of the molecule is Cc1ccc(C)c(S(=O)(=O)N(C)Cc2ccc(C)o2)c1. The van der Waals surface area contributed by atoms with Crippen molar-refractivity contribution in [2.45, 2.75) is 32.2 Å². The van der Waals surface area contributed by atoms with Gasteiger partial charge in [0.25, 0.3) is 0 Å². The summed E-state index contributed by atoms with van der Waals surface area (Å²) in [6.45, 7) is 5.75. The van der Waals surface area contributed by atoms with E-state index in [0.717, 1.165) is 16.9 Å². The van der Waals surface area contributed by atoms with Crippen LogP contribution in [0.15, 0.2) is 39.6 Å². The molecule has 0 fully saturated rings. The molecule has 2 rings (SSSR count). The summed E-state index contributed by atoms with van der Waals surface area (Å²) in [5.41, 5.74) is 1.68. The van der Waals surface area contributed by atoms with Crippen molar-refractivity contribution in [3.05, 3.63) is 53.0 Å². The zero-order valence-electron chi connectivity index (χ0n) is 12.2. The number of aryl methyl sites for hydroxylation is 3. The van der Waals surface area contributed by atoms with E-state index in [2.05, 4.69) is 0 Å². The van der Waals surface area contributed by atoms with Crippen molar-refractivity contribution < 1.29 is 12.8 Å². The Morgan fingerprint density at radius 3 is 2.40 bits per heavy atom. The average molecular weight is 293 g/mol. The van der Waals surface area contributed by atoms with Gasteiger partial charge >= 0.3 is 0 Å². The van der Waals surface area contributed by atoms with Gasteiger partial charge in [-0.05, 0) is 50.1 Å². The first-order chi connectivity index (χ1) is 9.30. The van der Waals surface area contributed by atoms with Crippen LogP contribution in [0.25, 0.3) is 0 Å². The second kappa shape index (κ2) is 5.42. The number of benzene rings is 1. The maximum atomic E-state index is 12.6. The standard InChI is InChI=1S/C15H19NO3S/c1-11-5-6-12(2)15(9-11)20(17,18)16(4)10-14-8-7-13(3)19-14/h5-9H,10H2,1-4H3. The molecule has 5 heteroatoms. The maximum Gasteiger partial charge on any atom is 0.243 e. The van der Waals surface area contributed by atoms with Gasteiger partial charge < -0.3 is 4.42 Å². The van der Waals surface area contributed by atoms with E-state index >= 15 is 0 Å². The minimum absolute atomic E-state index is 0.226. The monoisotopic (exact) mass is 293 g/mol. The van der Waals surface area contributed by atoms with Crippen LogP contribution in [0.5, 0.6) is 0 Å². The van der Waals surface area contributed by atoms with Crippen molar-refractivity contribution >= 4 is 10.0 Å². The van der Waals surface area contributed by atoms with Gasteiger partial charge in [-0.3, -0.25) is 0 Å². The predicted octanol–water partition coefficient (Wildman–Crippen LogP) is 3.03. The lowest BCUT2D eigenvalue weighted by Gasteiger charge is -2.17. The van der Waals surface area contributed by atoms with Crippen LogP contribution in [-0.2, 0) is 16.6 Å². The third-order valence-corrected chi connectivity index (χ3v) is 5.15. The van der Waals surface area contributed by atoms with Crippen LogP contribution >= 0.6 is 0 Å². The lowest BCUT2D eigenvalue weighted by Crippen LogP contribution is -2.27. The number of nitrogens with zero attached hydrogens (tertiary/aromatic N) is 1. The number of furan rings is 1. The first-order valence-corrected chi connectivity index (χ1v) is 7.83. The van der Waals surface area contributed by atoms with Gasteiger partial charge in [0.15, 0.2) is 0 Å². The fraction of sp³-hybridized carbons (Fsp3) is 0.333. The summed E-state index contributed by atoms with van der Waals surface area (Å²) in [6, 6.07) is 9.06. The van der Waals surface area contributed by atoms with Crippen molar-refractivity contribution in [1.82, 2.24) is 4.31 Å². The Hall–Kier alpha value is -1.59. The van der Waals surface area contributed by atoms with Crippen LogP contribution in [-0.4, -0.2) is 19.8 Å². The molecule has 0 radical (unpaired) electrons. The normalized spacial score (nSPS) is 12.1. The Morgan fingerprint density at radius 1 is 1.10 bits per heavy atom. The molecule has 0 saturated heterocycles. The second-order valence-electron chi connectivity index (χ2n) is 5.04. The number of sulfonamides is 1. The summed E-state index contributed by atoms with van der Waals surface area (Å²) in [7, 11) is -1.94. The highest BCUT2D eigenvalue weighted by Crippen LogP contribution is 2.22. The Bertz CT molecular complexity index is 716. The molecule has 108 valence electrons. The molecule has 4 nitrogen and oxygen atoms in total. The Labute approximate surface area is 120 Å². The summed E-state index contributed by atoms with van der Waals surface area (Å²) in [6.07, 6.45) is 0. The Kier molecular flexibility index (Phi) is 4.01. The molecule has 0 N–H and O–H groups in total. The topological polar surface area (TPSA) is 50.5 Å². The Morgan fingerprint density at radius 2 is 1.80 bits per heavy atom. The highest BCUT2D eigenvalue weighted by Gasteiger charge is 2.23. The molecule has 0 aliphatic carbocycles. The zero-order chi connectivity index (χ0) is 14.9. The van der Waals surface area contributed by atoms with Gasteiger partial charge in [-0.1, -0.05) is 12.1 Å². The van der Waals surface area contributed by atoms with Crippen molar-refractivity contribution in [3.63, 3.8) is 0 Å². The van der Waals surface area contributed by atoms with E-state index in [1.54, 1.807) is 26.1 Å². The third kappa shape index (κ3) is 2.94. The summed E-state index contributed by atoms with van der Waals surface area (Å²) in [4.78, 5) is 0.350. The molecule has 1 aromatic heterocycles. The van der Waals surface area contributed by atoms with Crippen molar-refractivity contribution in [1.29, 1.82) is 0 Å². The summed E-state index contributed by atoms with van der Waals surface area (Å²) in [5, 5.41) is 0. The zero-order valence-corrected chi connectivity index (χ0v) is 13.0. The molecule has 1 aromatic carbocycles. The number of rotatable bonds is 4. The molecule has 0 unspecified atom stereocenters. The summed E-state index contributed by atoms with van der Waals surface area (Å²) >= 11 is 0. The van der Waals surface area contributed by atoms with Crippen molar-refractivity contribution in [3.8, 4) is 0 Å². The van der Waals surface area contributed by atoms with Gasteiger partial charge in [0.2, 0.25) is 10.0 Å². The molecule has 0 aliphatic rings. The fourth-order valence-corrected chi connectivity index (χ4v) is 3.47. The quantitative estimate of drug-likeness (QED) is 0.870. The lowest BCUT2D eigenvalue weighted by molar-refractivity contribution is 0.397. The van der Waals surface area contributed by atoms with Gasteiger partial charge in [0.1, 0.15) is 11.5 Å². The van der Waals surface area contributed by atoms with Gasteiger partial charge in [0.05, 0.1) is 11.4 Å². The lowest BCUT2D eigenvalue weighted by atomic mass is 10.2. The van der Waals surface area contributed by atoms with E-state index in [9.17, 15) is 8.42 Å². The van der Waals surface area contributed by atoms with E-state index in [0.29, 0.717) is 10.7 Å². The first-order valence-electron chi connectivity index (χ1n) is 6.39. The molecule has 1 heterocycles. The van der Waals surface area contributed by atoms with Crippen LogP contribution < -0.4 is 0 Å². The van der Waals surface area contributed by atoms with E-state index in [1.165, 1.54) is 4.31 Å². The van der Waals surface area contributed by atoms with Gasteiger partial charge in [-0.25, -0.2) is 8.42 Å². The highest BCUT2D eigenvalue weighted by atomic mass is 32.2. The van der Waals surface area contributed by atoms with Crippen LogP contribution in [0.3, 0.4) is 0 Å². The third-order valence-electron chi connectivity index (χ3n) is 3.21. The number of hydrogen-bond acceptors (Lipinski definition) is 3. The highest BCUT2D eigenvalue weighted by molar-refractivity contribution is 7.89. The maximum absolute atomic E-state index is 12.6.